The van der Waals surface area contributed by atoms with Crippen LogP contribution in [0.5, 0.6) is 0 Å². The zero-order chi connectivity index (χ0) is 14.5. The average molecular weight is 291 g/mol. The molecule has 3 aromatic heterocycles. The molecule has 0 saturated carbocycles. The molecule has 6 nitrogen and oxygen atoms in total. The molecule has 7 heteroatoms. The number of nitrogens with zero attached hydrogens (tertiary/aromatic N) is 3. The first-order valence-corrected chi connectivity index (χ1v) is 7.00. The summed E-state index contributed by atoms with van der Waals surface area (Å²) in [5.74, 6) is 0.553. The molecule has 0 amide bonds. The lowest BCUT2D eigenvalue weighted by molar-refractivity contribution is 0.269. The van der Waals surface area contributed by atoms with Gasteiger partial charge in [0.25, 0.3) is 0 Å². The van der Waals surface area contributed by atoms with Gasteiger partial charge in [0.05, 0.1) is 19.3 Å². The molecule has 0 aliphatic carbocycles. The van der Waals surface area contributed by atoms with Crippen LogP contribution in [0, 0.1) is 0 Å². The van der Waals surface area contributed by atoms with Crippen molar-refractivity contribution in [2.24, 2.45) is 5.73 Å². The van der Waals surface area contributed by atoms with Crippen LogP contribution in [0.1, 0.15) is 0 Å². The van der Waals surface area contributed by atoms with Crippen LogP contribution >= 0.6 is 11.3 Å². The van der Waals surface area contributed by atoms with E-state index in [0.717, 1.165) is 21.2 Å². The molecule has 3 heterocycles. The molecule has 0 atom stereocenters. The number of fused-ring (bicyclic) bond motifs is 1. The number of aliphatic hydroxyl groups excluding tert-OH is 1. The Kier molecular flexibility index (Phi) is 4.67. The molecule has 3 rings (SSSR count). The third-order valence-electron chi connectivity index (χ3n) is 2.79. The van der Waals surface area contributed by atoms with Gasteiger partial charge in [0.15, 0.2) is 0 Å². The Balaban J connectivity index is 0.000000704. The molecule has 0 radical (unpaired) electrons. The van der Waals surface area contributed by atoms with Crippen molar-refractivity contribution in [3.05, 3.63) is 30.0 Å². The maximum absolute atomic E-state index is 8.89. The molecule has 3 aromatic rings. The Labute approximate surface area is 120 Å². The van der Waals surface area contributed by atoms with Gasteiger partial charge >= 0.3 is 0 Å². The number of rotatable bonds is 3. The molecule has 0 aliphatic rings. The highest BCUT2D eigenvalue weighted by Crippen LogP contribution is 2.34. The third kappa shape index (κ3) is 2.64. The van der Waals surface area contributed by atoms with E-state index in [0.29, 0.717) is 12.4 Å². The summed E-state index contributed by atoms with van der Waals surface area (Å²) in [6, 6.07) is 1.98. The Morgan fingerprint density at radius 1 is 1.35 bits per heavy atom. The lowest BCUT2D eigenvalue weighted by Gasteiger charge is -2.01. The molecule has 0 saturated heterocycles. The van der Waals surface area contributed by atoms with Crippen LogP contribution in [0.4, 0.5) is 5.82 Å². The summed E-state index contributed by atoms with van der Waals surface area (Å²) in [6.45, 7) is 0.575. The van der Waals surface area contributed by atoms with Crippen LogP contribution in [0.2, 0.25) is 0 Å². The minimum Gasteiger partial charge on any atom is -0.394 e. The quantitative estimate of drug-likeness (QED) is 0.675. The van der Waals surface area contributed by atoms with E-state index in [9.17, 15) is 0 Å². The minimum absolute atomic E-state index is 0.0789. The van der Waals surface area contributed by atoms with Crippen molar-refractivity contribution < 1.29 is 5.11 Å². The summed E-state index contributed by atoms with van der Waals surface area (Å²) in [5.41, 5.74) is 12.4. The number of thiophene rings is 1. The average Bonchev–Trinajstić information content (AvgIpc) is 3.12. The predicted molar refractivity (Wildman–Crippen MR) is 82.5 cm³/mol. The van der Waals surface area contributed by atoms with E-state index in [1.807, 2.05) is 17.6 Å². The van der Waals surface area contributed by atoms with Crippen molar-refractivity contribution in [2.45, 2.75) is 6.54 Å². The highest BCUT2D eigenvalue weighted by molar-refractivity contribution is 7.17. The number of hydrogen-bond donors (Lipinski definition) is 3. The standard InChI is InChI=1S/C12H12N4OS.CH5N/c13-12-9-1-4-18-11(9)10(6-14-12)8-5-15-16(7-8)2-3-17;1-2/h1,4-7,17H,2-3H2,(H2,13,14);2H2,1H3. The summed E-state index contributed by atoms with van der Waals surface area (Å²) in [7, 11) is 1.50. The van der Waals surface area contributed by atoms with Crippen molar-refractivity contribution >= 4 is 27.2 Å². The Hall–Kier alpha value is -1.96. The minimum atomic E-state index is 0.0789. The first-order chi connectivity index (χ1) is 9.79. The predicted octanol–water partition coefficient (Wildman–Crippen LogP) is 1.31. The number of anilines is 1. The molecule has 0 unspecified atom stereocenters. The first kappa shape index (κ1) is 14.4. The van der Waals surface area contributed by atoms with E-state index >= 15 is 0 Å². The summed E-state index contributed by atoms with van der Waals surface area (Å²) < 4.78 is 2.83. The summed E-state index contributed by atoms with van der Waals surface area (Å²) >= 11 is 1.64. The van der Waals surface area contributed by atoms with Gasteiger partial charge in [-0.05, 0) is 18.5 Å². The van der Waals surface area contributed by atoms with Gasteiger partial charge in [-0.15, -0.1) is 11.3 Å². The van der Waals surface area contributed by atoms with Gasteiger partial charge in [0.2, 0.25) is 0 Å². The second-order valence-electron chi connectivity index (χ2n) is 3.94. The largest absolute Gasteiger partial charge is 0.394 e. The highest BCUT2D eigenvalue weighted by atomic mass is 32.1. The van der Waals surface area contributed by atoms with E-state index in [2.05, 4.69) is 15.8 Å². The van der Waals surface area contributed by atoms with Gasteiger partial charge in [-0.1, -0.05) is 0 Å². The molecule has 20 heavy (non-hydrogen) atoms. The van der Waals surface area contributed by atoms with Gasteiger partial charge < -0.3 is 16.6 Å². The van der Waals surface area contributed by atoms with E-state index < -0.39 is 0 Å². The monoisotopic (exact) mass is 291 g/mol. The van der Waals surface area contributed by atoms with Crippen LogP contribution in [-0.4, -0.2) is 33.5 Å². The van der Waals surface area contributed by atoms with Crippen LogP contribution in [0.15, 0.2) is 30.0 Å². The lowest BCUT2D eigenvalue weighted by Crippen LogP contribution is -2.01. The number of nitrogens with two attached hydrogens (primary N) is 2. The zero-order valence-corrected chi connectivity index (χ0v) is 12.0. The number of hydrogen-bond acceptors (Lipinski definition) is 6. The fraction of sp³-hybridized carbons (Fsp3) is 0.231. The maximum atomic E-state index is 8.89. The molecule has 106 valence electrons. The second-order valence-corrected chi connectivity index (χ2v) is 4.85. The Morgan fingerprint density at radius 2 is 2.15 bits per heavy atom. The summed E-state index contributed by atoms with van der Waals surface area (Å²) in [4.78, 5) is 4.21. The van der Waals surface area contributed by atoms with E-state index in [1.54, 1.807) is 28.4 Å². The first-order valence-electron chi connectivity index (χ1n) is 6.12. The highest BCUT2D eigenvalue weighted by Gasteiger charge is 2.10. The molecule has 0 fully saturated rings. The van der Waals surface area contributed by atoms with Gasteiger partial charge in [-0.25, -0.2) is 4.98 Å². The van der Waals surface area contributed by atoms with Crippen molar-refractivity contribution in [2.75, 3.05) is 19.4 Å². The molecule has 0 aliphatic heterocycles. The fourth-order valence-electron chi connectivity index (χ4n) is 1.91. The zero-order valence-electron chi connectivity index (χ0n) is 11.2. The van der Waals surface area contributed by atoms with Gasteiger partial charge in [-0.2, -0.15) is 5.10 Å². The number of pyridine rings is 1. The van der Waals surface area contributed by atoms with Crippen LogP contribution in [0.25, 0.3) is 21.2 Å². The van der Waals surface area contributed by atoms with E-state index in [4.69, 9.17) is 10.8 Å². The number of aliphatic hydroxyl groups is 1. The number of aromatic nitrogens is 3. The van der Waals surface area contributed by atoms with Gasteiger partial charge in [0.1, 0.15) is 5.82 Å². The molecular formula is C13H17N5OS. The molecule has 0 aromatic carbocycles. The molecular weight excluding hydrogens is 274 g/mol. The summed E-state index contributed by atoms with van der Waals surface area (Å²) in [6.07, 6.45) is 5.46. The molecule has 5 N–H and O–H groups in total. The number of nitrogen functional groups attached to an aromatic ring is 1. The normalized spacial score (nSPS) is 10.3. The van der Waals surface area contributed by atoms with E-state index in [1.165, 1.54) is 7.05 Å². The maximum Gasteiger partial charge on any atom is 0.132 e. The van der Waals surface area contributed by atoms with Crippen LogP contribution < -0.4 is 11.5 Å². The van der Waals surface area contributed by atoms with E-state index in [-0.39, 0.29) is 6.61 Å². The molecule has 0 bridgehead atoms. The van der Waals surface area contributed by atoms with Crippen molar-refractivity contribution in [1.29, 1.82) is 0 Å². The fourth-order valence-corrected chi connectivity index (χ4v) is 2.85. The smallest absolute Gasteiger partial charge is 0.132 e. The SMILES string of the molecule is CN.Nc1ncc(-c2cnn(CCO)c2)c2sccc12. The Morgan fingerprint density at radius 3 is 2.90 bits per heavy atom. The lowest BCUT2D eigenvalue weighted by atomic mass is 10.1. The Bertz CT molecular complexity index is 691. The second kappa shape index (κ2) is 6.47. The van der Waals surface area contributed by atoms with Crippen molar-refractivity contribution in [3.63, 3.8) is 0 Å². The van der Waals surface area contributed by atoms with Gasteiger partial charge in [0, 0.05) is 33.6 Å². The van der Waals surface area contributed by atoms with Gasteiger partial charge in [-0.3, -0.25) is 4.68 Å². The third-order valence-corrected chi connectivity index (χ3v) is 3.74. The van der Waals surface area contributed by atoms with Crippen LogP contribution in [0.3, 0.4) is 0 Å². The van der Waals surface area contributed by atoms with Crippen LogP contribution in [-0.2, 0) is 6.54 Å². The topological polar surface area (TPSA) is 103 Å². The molecule has 0 spiro atoms. The van der Waals surface area contributed by atoms with Crippen molar-refractivity contribution in [1.82, 2.24) is 14.8 Å². The summed E-state index contributed by atoms with van der Waals surface area (Å²) in [5, 5.41) is 16.1. The van der Waals surface area contributed by atoms with Crippen molar-refractivity contribution in [3.8, 4) is 11.1 Å².